The van der Waals surface area contributed by atoms with Crippen molar-refractivity contribution in [1.82, 2.24) is 24.5 Å². The molecule has 1 aromatic carbocycles. The van der Waals surface area contributed by atoms with Crippen LogP contribution in [0.5, 0.6) is 0 Å². The molecule has 0 bridgehead atoms. The number of benzene rings is 1. The highest BCUT2D eigenvalue weighted by Crippen LogP contribution is 2.05. The molecule has 0 aliphatic carbocycles. The maximum absolute atomic E-state index is 11.7. The molecule has 112 valence electrons. The van der Waals surface area contributed by atoms with Gasteiger partial charge in [0.1, 0.15) is 12.4 Å². The number of hydrogen-bond acceptors (Lipinski definition) is 5. The summed E-state index contributed by atoms with van der Waals surface area (Å²) in [6, 6.07) is 9.89. The van der Waals surface area contributed by atoms with Crippen LogP contribution in [0.4, 0.5) is 5.69 Å². The fourth-order valence-corrected chi connectivity index (χ4v) is 2.08. The van der Waals surface area contributed by atoms with Gasteiger partial charge in [-0.1, -0.05) is 35.5 Å². The molecule has 0 amide bonds. The molecule has 0 aliphatic rings. The fourth-order valence-electron chi connectivity index (χ4n) is 2.08. The third kappa shape index (κ3) is 2.95. The SMILES string of the molecule is Nc1cn(Cn2cc(Cc3ccccc3)nn2)c(=O)[nH]c1=O. The Hall–Kier alpha value is -3.16. The van der Waals surface area contributed by atoms with Gasteiger partial charge in [0.25, 0.3) is 5.56 Å². The van der Waals surface area contributed by atoms with Gasteiger partial charge in [0.05, 0.1) is 11.9 Å². The molecule has 0 saturated heterocycles. The largest absolute Gasteiger partial charge is 0.393 e. The third-order valence-corrected chi connectivity index (χ3v) is 3.15. The Morgan fingerprint density at radius 3 is 2.68 bits per heavy atom. The molecular formula is C14H14N6O2. The summed E-state index contributed by atoms with van der Waals surface area (Å²) < 4.78 is 2.77. The van der Waals surface area contributed by atoms with E-state index in [2.05, 4.69) is 15.3 Å². The van der Waals surface area contributed by atoms with E-state index >= 15 is 0 Å². The second-order valence-electron chi connectivity index (χ2n) is 4.87. The van der Waals surface area contributed by atoms with Crippen LogP contribution in [-0.2, 0) is 13.1 Å². The van der Waals surface area contributed by atoms with Gasteiger partial charge in [0.2, 0.25) is 0 Å². The number of hydrogen-bond donors (Lipinski definition) is 2. The van der Waals surface area contributed by atoms with Crippen molar-refractivity contribution < 1.29 is 0 Å². The average molecular weight is 298 g/mol. The van der Waals surface area contributed by atoms with Crippen LogP contribution in [-0.4, -0.2) is 24.5 Å². The summed E-state index contributed by atoms with van der Waals surface area (Å²) in [5.41, 5.74) is 6.26. The van der Waals surface area contributed by atoms with Crippen LogP contribution in [0.3, 0.4) is 0 Å². The molecule has 0 saturated carbocycles. The number of aromatic nitrogens is 5. The van der Waals surface area contributed by atoms with Crippen molar-refractivity contribution in [2.75, 3.05) is 5.73 Å². The van der Waals surface area contributed by atoms with Crippen LogP contribution in [0.1, 0.15) is 11.3 Å². The Morgan fingerprint density at radius 1 is 1.14 bits per heavy atom. The Balaban J connectivity index is 1.79. The molecule has 0 spiro atoms. The predicted molar refractivity (Wildman–Crippen MR) is 80.4 cm³/mol. The second-order valence-corrected chi connectivity index (χ2v) is 4.87. The summed E-state index contributed by atoms with van der Waals surface area (Å²) in [7, 11) is 0. The average Bonchev–Trinajstić information content (AvgIpc) is 2.93. The first-order chi connectivity index (χ1) is 10.6. The summed E-state index contributed by atoms with van der Waals surface area (Å²) in [4.78, 5) is 25.0. The highest BCUT2D eigenvalue weighted by molar-refractivity contribution is 5.30. The molecule has 3 N–H and O–H groups in total. The molecule has 8 heteroatoms. The van der Waals surface area contributed by atoms with Crippen molar-refractivity contribution in [3.63, 3.8) is 0 Å². The lowest BCUT2D eigenvalue weighted by molar-refractivity contribution is 0.510. The number of H-pyrrole nitrogens is 1. The number of nitrogen functional groups attached to an aromatic ring is 1. The van der Waals surface area contributed by atoms with Crippen molar-refractivity contribution in [3.8, 4) is 0 Å². The lowest BCUT2D eigenvalue weighted by Gasteiger charge is -2.04. The van der Waals surface area contributed by atoms with Crippen LogP contribution in [0.2, 0.25) is 0 Å². The lowest BCUT2D eigenvalue weighted by Crippen LogP contribution is -2.32. The number of nitrogens with two attached hydrogens (primary N) is 1. The summed E-state index contributed by atoms with van der Waals surface area (Å²) in [5.74, 6) is 0. The molecule has 8 nitrogen and oxygen atoms in total. The zero-order valence-corrected chi connectivity index (χ0v) is 11.6. The van der Waals surface area contributed by atoms with Gasteiger partial charge >= 0.3 is 5.69 Å². The van der Waals surface area contributed by atoms with Gasteiger partial charge in [0.15, 0.2) is 0 Å². The molecule has 0 radical (unpaired) electrons. The highest BCUT2D eigenvalue weighted by atomic mass is 16.2. The van der Waals surface area contributed by atoms with Gasteiger partial charge in [-0.05, 0) is 5.56 Å². The van der Waals surface area contributed by atoms with Gasteiger partial charge in [0, 0.05) is 12.6 Å². The normalized spacial score (nSPS) is 10.7. The molecule has 0 unspecified atom stereocenters. The standard InChI is InChI=1S/C14H14N6O2/c15-12-8-19(14(22)16-13(12)21)9-20-7-11(17-18-20)6-10-4-2-1-3-5-10/h1-5,7-8H,6,9,15H2,(H,16,21,22). The van der Waals surface area contributed by atoms with E-state index in [0.29, 0.717) is 6.42 Å². The molecule has 22 heavy (non-hydrogen) atoms. The monoisotopic (exact) mass is 298 g/mol. The first-order valence-electron chi connectivity index (χ1n) is 6.64. The molecular weight excluding hydrogens is 284 g/mol. The maximum atomic E-state index is 11.7. The number of aromatic amines is 1. The van der Waals surface area contributed by atoms with Crippen LogP contribution in [0.15, 0.2) is 52.3 Å². The van der Waals surface area contributed by atoms with E-state index in [1.165, 1.54) is 15.4 Å². The van der Waals surface area contributed by atoms with Gasteiger partial charge in [-0.3, -0.25) is 14.3 Å². The van der Waals surface area contributed by atoms with E-state index in [1.807, 2.05) is 30.3 Å². The van der Waals surface area contributed by atoms with Crippen molar-refractivity contribution in [2.45, 2.75) is 13.1 Å². The number of nitrogens with one attached hydrogen (secondary N) is 1. The highest BCUT2D eigenvalue weighted by Gasteiger charge is 2.05. The molecule has 0 atom stereocenters. The summed E-state index contributed by atoms with van der Waals surface area (Å²) in [6.07, 6.45) is 3.70. The summed E-state index contributed by atoms with van der Waals surface area (Å²) >= 11 is 0. The Morgan fingerprint density at radius 2 is 1.91 bits per heavy atom. The van der Waals surface area contributed by atoms with Crippen LogP contribution in [0.25, 0.3) is 0 Å². The van der Waals surface area contributed by atoms with Crippen molar-refractivity contribution >= 4 is 5.69 Å². The first-order valence-corrected chi connectivity index (χ1v) is 6.64. The second kappa shape index (κ2) is 5.68. The van der Waals surface area contributed by atoms with Gasteiger partial charge in [-0.25, -0.2) is 9.48 Å². The topological polar surface area (TPSA) is 112 Å². The maximum Gasteiger partial charge on any atom is 0.329 e. The third-order valence-electron chi connectivity index (χ3n) is 3.15. The Bertz CT molecular complexity index is 893. The van der Waals surface area contributed by atoms with Gasteiger partial charge < -0.3 is 5.73 Å². The molecule has 3 aromatic rings. The number of nitrogens with zero attached hydrogens (tertiary/aromatic N) is 4. The van der Waals surface area contributed by atoms with Crippen molar-refractivity contribution in [2.24, 2.45) is 0 Å². The quantitative estimate of drug-likeness (QED) is 0.693. The smallest absolute Gasteiger partial charge is 0.329 e. The number of anilines is 1. The van der Waals surface area contributed by atoms with E-state index in [0.717, 1.165) is 11.3 Å². The van der Waals surface area contributed by atoms with Crippen LogP contribution < -0.4 is 17.0 Å². The molecule has 0 fully saturated rings. The summed E-state index contributed by atoms with van der Waals surface area (Å²) in [5, 5.41) is 8.05. The van der Waals surface area contributed by atoms with Crippen LogP contribution >= 0.6 is 0 Å². The van der Waals surface area contributed by atoms with Crippen LogP contribution in [0, 0.1) is 0 Å². The predicted octanol–water partition coefficient (Wildman–Crippen LogP) is -0.193. The Kier molecular flexibility index (Phi) is 3.57. The minimum Gasteiger partial charge on any atom is -0.393 e. The van der Waals surface area contributed by atoms with E-state index in [1.54, 1.807) is 6.20 Å². The van der Waals surface area contributed by atoms with Crippen molar-refractivity contribution in [3.05, 3.63) is 74.8 Å². The minimum atomic E-state index is -0.593. The first kappa shape index (κ1) is 13.8. The fraction of sp³-hybridized carbons (Fsp3) is 0.143. The van der Waals surface area contributed by atoms with E-state index in [9.17, 15) is 9.59 Å². The van der Waals surface area contributed by atoms with E-state index < -0.39 is 11.2 Å². The molecule has 3 rings (SSSR count). The van der Waals surface area contributed by atoms with Gasteiger partial charge in [-0.2, -0.15) is 0 Å². The molecule has 2 heterocycles. The lowest BCUT2D eigenvalue weighted by atomic mass is 10.1. The zero-order chi connectivity index (χ0) is 15.5. The van der Waals surface area contributed by atoms with Crippen molar-refractivity contribution in [1.29, 1.82) is 0 Å². The molecule has 2 aromatic heterocycles. The Labute approximate surface area is 124 Å². The molecule has 0 aliphatic heterocycles. The minimum absolute atomic E-state index is 0.0239. The van der Waals surface area contributed by atoms with E-state index in [-0.39, 0.29) is 12.4 Å². The van der Waals surface area contributed by atoms with E-state index in [4.69, 9.17) is 5.73 Å². The zero-order valence-electron chi connectivity index (χ0n) is 11.6. The van der Waals surface area contributed by atoms with Gasteiger partial charge in [-0.15, -0.1) is 5.10 Å². The number of rotatable bonds is 4. The summed E-state index contributed by atoms with van der Waals surface area (Å²) in [6.45, 7) is 0.127.